The number of halogens is 1. The molecule has 2 rings (SSSR count). The third-order valence-electron chi connectivity index (χ3n) is 3.06. The van der Waals surface area contributed by atoms with Gasteiger partial charge in [0, 0.05) is 17.9 Å². The Morgan fingerprint density at radius 2 is 1.71 bits per heavy atom. The molecule has 0 saturated heterocycles. The first kappa shape index (κ1) is 15.0. The molecule has 3 nitrogen and oxygen atoms in total. The summed E-state index contributed by atoms with van der Waals surface area (Å²) in [6.45, 7) is 3.02. The van der Waals surface area contributed by atoms with Gasteiger partial charge in [-0.25, -0.2) is 4.39 Å². The van der Waals surface area contributed by atoms with Gasteiger partial charge < -0.3 is 10.6 Å². The summed E-state index contributed by atoms with van der Waals surface area (Å²) in [5.41, 5.74) is 2.12. The topological polar surface area (TPSA) is 41.1 Å². The largest absolute Gasteiger partial charge is 0.385 e. The van der Waals surface area contributed by atoms with Gasteiger partial charge in [0.1, 0.15) is 5.82 Å². The first-order chi connectivity index (χ1) is 10.2. The maximum atomic E-state index is 13.5. The van der Waals surface area contributed by atoms with Gasteiger partial charge in [0.2, 0.25) is 5.91 Å². The standard InChI is InChI=1S/C17H19FN2O/c1-2-11-19-14-7-9-15(10-8-14)20-17(21)12-13-5-3-4-6-16(13)18/h3-10,19H,2,11-12H2,1H3,(H,20,21). The third kappa shape index (κ3) is 4.60. The second kappa shape index (κ2) is 7.43. The van der Waals surface area contributed by atoms with Gasteiger partial charge in [-0.3, -0.25) is 4.79 Å². The summed E-state index contributed by atoms with van der Waals surface area (Å²) >= 11 is 0. The molecule has 0 spiro atoms. The monoisotopic (exact) mass is 286 g/mol. The zero-order valence-electron chi connectivity index (χ0n) is 12.0. The van der Waals surface area contributed by atoms with Gasteiger partial charge in [0.05, 0.1) is 6.42 Å². The minimum atomic E-state index is -0.355. The summed E-state index contributed by atoms with van der Waals surface area (Å²) in [7, 11) is 0. The summed E-state index contributed by atoms with van der Waals surface area (Å²) in [4.78, 5) is 11.9. The van der Waals surface area contributed by atoms with Crippen molar-refractivity contribution in [3.05, 3.63) is 59.9 Å². The average molecular weight is 286 g/mol. The van der Waals surface area contributed by atoms with Crippen molar-refractivity contribution < 1.29 is 9.18 Å². The van der Waals surface area contributed by atoms with E-state index in [2.05, 4.69) is 17.6 Å². The molecule has 2 aromatic rings. The van der Waals surface area contributed by atoms with Gasteiger partial charge in [-0.15, -0.1) is 0 Å². The minimum Gasteiger partial charge on any atom is -0.385 e. The average Bonchev–Trinajstić information content (AvgIpc) is 2.49. The Hall–Kier alpha value is -2.36. The molecule has 2 N–H and O–H groups in total. The van der Waals surface area contributed by atoms with Gasteiger partial charge in [0.15, 0.2) is 0 Å². The van der Waals surface area contributed by atoms with Crippen LogP contribution < -0.4 is 10.6 Å². The highest BCUT2D eigenvalue weighted by Gasteiger charge is 2.07. The van der Waals surface area contributed by atoms with Crippen molar-refractivity contribution in [2.24, 2.45) is 0 Å². The Morgan fingerprint density at radius 1 is 1.05 bits per heavy atom. The number of nitrogens with one attached hydrogen (secondary N) is 2. The molecule has 1 amide bonds. The molecule has 0 aliphatic heterocycles. The molecular weight excluding hydrogens is 267 g/mol. The van der Waals surface area contributed by atoms with Gasteiger partial charge in [-0.1, -0.05) is 25.1 Å². The van der Waals surface area contributed by atoms with Crippen LogP contribution in [0.3, 0.4) is 0 Å². The van der Waals surface area contributed by atoms with Crippen LogP contribution in [-0.4, -0.2) is 12.5 Å². The zero-order valence-corrected chi connectivity index (χ0v) is 12.0. The normalized spacial score (nSPS) is 10.2. The lowest BCUT2D eigenvalue weighted by Crippen LogP contribution is -2.15. The van der Waals surface area contributed by atoms with Gasteiger partial charge in [-0.05, 0) is 42.3 Å². The van der Waals surface area contributed by atoms with E-state index in [4.69, 9.17) is 0 Å². The van der Waals surface area contributed by atoms with Crippen molar-refractivity contribution in [2.45, 2.75) is 19.8 Å². The van der Waals surface area contributed by atoms with E-state index in [0.717, 1.165) is 18.7 Å². The van der Waals surface area contributed by atoms with E-state index in [9.17, 15) is 9.18 Å². The van der Waals surface area contributed by atoms with E-state index in [0.29, 0.717) is 11.3 Å². The van der Waals surface area contributed by atoms with Crippen molar-refractivity contribution in [1.29, 1.82) is 0 Å². The Bertz CT molecular complexity index is 596. The molecule has 0 radical (unpaired) electrons. The molecule has 0 aromatic heterocycles. The Balaban J connectivity index is 1.92. The van der Waals surface area contributed by atoms with Crippen LogP contribution in [0.1, 0.15) is 18.9 Å². The Morgan fingerprint density at radius 3 is 2.38 bits per heavy atom. The summed E-state index contributed by atoms with van der Waals surface area (Å²) in [6.07, 6.45) is 1.09. The molecule has 110 valence electrons. The predicted molar refractivity (Wildman–Crippen MR) is 84.0 cm³/mol. The fraction of sp³-hybridized carbons (Fsp3) is 0.235. The van der Waals surface area contributed by atoms with Crippen LogP contribution in [0, 0.1) is 5.82 Å². The lowest BCUT2D eigenvalue weighted by molar-refractivity contribution is -0.115. The van der Waals surface area contributed by atoms with Crippen LogP contribution in [-0.2, 0) is 11.2 Å². The number of carbonyl (C=O) groups excluding carboxylic acids is 1. The van der Waals surface area contributed by atoms with Crippen LogP contribution in [0.4, 0.5) is 15.8 Å². The highest BCUT2D eigenvalue weighted by atomic mass is 19.1. The molecule has 4 heteroatoms. The molecule has 0 heterocycles. The minimum absolute atomic E-state index is 0.0303. The lowest BCUT2D eigenvalue weighted by atomic mass is 10.1. The number of hydrogen-bond acceptors (Lipinski definition) is 2. The number of rotatable bonds is 6. The van der Waals surface area contributed by atoms with Gasteiger partial charge in [-0.2, -0.15) is 0 Å². The van der Waals surface area contributed by atoms with E-state index < -0.39 is 0 Å². The molecular formula is C17H19FN2O. The van der Waals surface area contributed by atoms with Gasteiger partial charge in [0.25, 0.3) is 0 Å². The second-order valence-corrected chi connectivity index (χ2v) is 4.82. The maximum absolute atomic E-state index is 13.5. The van der Waals surface area contributed by atoms with Crippen molar-refractivity contribution in [2.75, 3.05) is 17.2 Å². The first-order valence-electron chi connectivity index (χ1n) is 7.06. The smallest absolute Gasteiger partial charge is 0.228 e. The quantitative estimate of drug-likeness (QED) is 0.847. The summed E-state index contributed by atoms with van der Waals surface area (Å²) in [5, 5.41) is 6.03. The van der Waals surface area contributed by atoms with E-state index in [1.165, 1.54) is 6.07 Å². The van der Waals surface area contributed by atoms with Crippen molar-refractivity contribution >= 4 is 17.3 Å². The molecule has 0 saturated carbocycles. The van der Waals surface area contributed by atoms with Crippen molar-refractivity contribution in [3.8, 4) is 0 Å². The maximum Gasteiger partial charge on any atom is 0.228 e. The number of hydrogen-bond donors (Lipinski definition) is 2. The van der Waals surface area contributed by atoms with E-state index >= 15 is 0 Å². The predicted octanol–water partition coefficient (Wildman–Crippen LogP) is 3.83. The molecule has 0 aliphatic carbocycles. The van der Waals surface area contributed by atoms with Crippen LogP contribution in [0.5, 0.6) is 0 Å². The van der Waals surface area contributed by atoms with E-state index in [-0.39, 0.29) is 18.1 Å². The Labute approximate surface area is 124 Å². The molecule has 0 atom stereocenters. The molecule has 0 aliphatic rings. The number of amides is 1. The van der Waals surface area contributed by atoms with E-state index in [1.807, 2.05) is 24.3 Å². The zero-order chi connectivity index (χ0) is 15.1. The van der Waals surface area contributed by atoms with Crippen molar-refractivity contribution in [3.63, 3.8) is 0 Å². The fourth-order valence-corrected chi connectivity index (χ4v) is 1.96. The number of carbonyl (C=O) groups is 1. The van der Waals surface area contributed by atoms with Gasteiger partial charge >= 0.3 is 0 Å². The summed E-state index contributed by atoms with van der Waals surface area (Å²) in [5.74, 6) is -0.582. The fourth-order valence-electron chi connectivity index (χ4n) is 1.96. The second-order valence-electron chi connectivity index (χ2n) is 4.82. The Kier molecular flexibility index (Phi) is 5.32. The molecule has 2 aromatic carbocycles. The first-order valence-corrected chi connectivity index (χ1v) is 7.06. The molecule has 0 bridgehead atoms. The summed E-state index contributed by atoms with van der Waals surface area (Å²) < 4.78 is 13.5. The number of anilines is 2. The van der Waals surface area contributed by atoms with Crippen LogP contribution in [0.15, 0.2) is 48.5 Å². The molecule has 0 fully saturated rings. The highest BCUT2D eigenvalue weighted by molar-refractivity contribution is 5.92. The third-order valence-corrected chi connectivity index (χ3v) is 3.06. The molecule has 21 heavy (non-hydrogen) atoms. The van der Waals surface area contributed by atoms with E-state index in [1.54, 1.807) is 18.2 Å². The SMILES string of the molecule is CCCNc1ccc(NC(=O)Cc2ccccc2F)cc1. The summed E-state index contributed by atoms with van der Waals surface area (Å²) in [6, 6.07) is 13.8. The van der Waals surface area contributed by atoms with Crippen LogP contribution >= 0.6 is 0 Å². The van der Waals surface area contributed by atoms with Crippen LogP contribution in [0.2, 0.25) is 0 Å². The highest BCUT2D eigenvalue weighted by Crippen LogP contribution is 2.14. The van der Waals surface area contributed by atoms with Crippen LogP contribution in [0.25, 0.3) is 0 Å². The molecule has 0 unspecified atom stereocenters. The number of benzene rings is 2. The lowest BCUT2D eigenvalue weighted by Gasteiger charge is -2.08. The van der Waals surface area contributed by atoms with Crippen molar-refractivity contribution in [1.82, 2.24) is 0 Å².